The summed E-state index contributed by atoms with van der Waals surface area (Å²) in [5.74, 6) is -1.74. The third-order valence-electron chi connectivity index (χ3n) is 3.95. The maximum atomic E-state index is 13.6. The number of amides is 2. The highest BCUT2D eigenvalue weighted by atomic mass is 19.1. The number of nitrogens with one attached hydrogen (secondary N) is 1. The average Bonchev–Trinajstić information content (AvgIpc) is 2.57. The largest absolute Gasteiger partial charge is 0.450 e. The molecule has 0 bridgehead atoms. The van der Waals surface area contributed by atoms with Crippen LogP contribution in [-0.2, 0) is 9.53 Å². The number of nitrogens with zero attached hydrogens (tertiary/aromatic N) is 2. The lowest BCUT2D eigenvalue weighted by Gasteiger charge is -2.36. The van der Waals surface area contributed by atoms with Crippen LogP contribution in [0.15, 0.2) is 18.2 Å². The van der Waals surface area contributed by atoms with Gasteiger partial charge in [0.25, 0.3) is 0 Å². The van der Waals surface area contributed by atoms with Crippen molar-refractivity contribution in [1.29, 1.82) is 0 Å². The fourth-order valence-electron chi connectivity index (χ4n) is 2.50. The van der Waals surface area contributed by atoms with Gasteiger partial charge in [-0.3, -0.25) is 9.69 Å². The molecule has 1 atom stereocenters. The summed E-state index contributed by atoms with van der Waals surface area (Å²) in [4.78, 5) is 27.4. The van der Waals surface area contributed by atoms with E-state index in [0.717, 1.165) is 18.2 Å². The van der Waals surface area contributed by atoms with Gasteiger partial charge in [-0.05, 0) is 26.0 Å². The number of halogens is 2. The quantitative estimate of drug-likeness (QED) is 0.911. The second kappa shape index (κ2) is 8.05. The summed E-state index contributed by atoms with van der Waals surface area (Å²) in [7, 11) is 0. The summed E-state index contributed by atoms with van der Waals surface area (Å²) < 4.78 is 31.7. The molecule has 8 heteroatoms. The summed E-state index contributed by atoms with van der Waals surface area (Å²) in [5.41, 5.74) is -0.183. The molecule has 0 spiro atoms. The van der Waals surface area contributed by atoms with Crippen molar-refractivity contribution in [1.82, 2.24) is 9.80 Å². The van der Waals surface area contributed by atoms with Gasteiger partial charge in [-0.25, -0.2) is 13.6 Å². The maximum Gasteiger partial charge on any atom is 0.409 e. The summed E-state index contributed by atoms with van der Waals surface area (Å²) >= 11 is 0. The van der Waals surface area contributed by atoms with Crippen LogP contribution in [-0.4, -0.2) is 60.6 Å². The lowest BCUT2D eigenvalue weighted by molar-refractivity contribution is -0.121. The minimum Gasteiger partial charge on any atom is -0.450 e. The zero-order valence-corrected chi connectivity index (χ0v) is 13.7. The Morgan fingerprint density at radius 3 is 2.54 bits per heavy atom. The molecule has 1 aromatic rings. The van der Waals surface area contributed by atoms with Gasteiger partial charge < -0.3 is 15.0 Å². The molecule has 0 radical (unpaired) electrons. The molecule has 1 aromatic carbocycles. The summed E-state index contributed by atoms with van der Waals surface area (Å²) in [6.45, 7) is 5.64. The van der Waals surface area contributed by atoms with Gasteiger partial charge in [-0.15, -0.1) is 0 Å². The minimum absolute atomic E-state index is 0.183. The Bertz CT molecular complexity index is 604. The number of piperazine rings is 1. The van der Waals surface area contributed by atoms with Crippen molar-refractivity contribution in [2.24, 2.45) is 0 Å². The normalized spacial score (nSPS) is 16.6. The number of rotatable bonds is 4. The molecular weight excluding hydrogens is 320 g/mol. The third-order valence-corrected chi connectivity index (χ3v) is 3.95. The molecular formula is C16H21F2N3O3. The van der Waals surface area contributed by atoms with E-state index >= 15 is 0 Å². The number of hydrogen-bond donors (Lipinski definition) is 1. The molecule has 0 aromatic heterocycles. The number of carbonyl (C=O) groups excluding carboxylic acids is 2. The van der Waals surface area contributed by atoms with Crippen LogP contribution in [0, 0.1) is 11.6 Å². The number of carbonyl (C=O) groups is 2. The van der Waals surface area contributed by atoms with E-state index in [1.54, 1.807) is 18.7 Å². The van der Waals surface area contributed by atoms with Crippen molar-refractivity contribution in [3.63, 3.8) is 0 Å². The van der Waals surface area contributed by atoms with E-state index in [2.05, 4.69) is 5.32 Å². The SMILES string of the molecule is CCOC(=O)N1CCN(C(C)C(=O)Nc2cc(F)ccc2F)CC1. The fourth-order valence-corrected chi connectivity index (χ4v) is 2.50. The van der Waals surface area contributed by atoms with E-state index in [4.69, 9.17) is 4.74 Å². The summed E-state index contributed by atoms with van der Waals surface area (Å²) in [6, 6.07) is 2.37. The molecule has 2 amide bonds. The van der Waals surface area contributed by atoms with Gasteiger partial charge in [0.15, 0.2) is 0 Å². The van der Waals surface area contributed by atoms with E-state index in [1.165, 1.54) is 0 Å². The van der Waals surface area contributed by atoms with Crippen molar-refractivity contribution >= 4 is 17.7 Å². The average molecular weight is 341 g/mol. The minimum atomic E-state index is -0.691. The molecule has 24 heavy (non-hydrogen) atoms. The number of hydrogen-bond acceptors (Lipinski definition) is 4. The van der Waals surface area contributed by atoms with E-state index in [1.807, 2.05) is 4.90 Å². The summed E-state index contributed by atoms with van der Waals surface area (Å²) in [5, 5.41) is 2.40. The smallest absolute Gasteiger partial charge is 0.409 e. The van der Waals surface area contributed by atoms with Crippen molar-refractivity contribution in [2.75, 3.05) is 38.1 Å². The number of benzene rings is 1. The Labute approximate surface area is 139 Å². The predicted molar refractivity (Wildman–Crippen MR) is 84.6 cm³/mol. The zero-order chi connectivity index (χ0) is 17.7. The Hall–Kier alpha value is -2.22. The van der Waals surface area contributed by atoms with E-state index < -0.39 is 23.6 Å². The van der Waals surface area contributed by atoms with Crippen molar-refractivity contribution in [3.05, 3.63) is 29.8 Å². The van der Waals surface area contributed by atoms with Gasteiger partial charge in [0.1, 0.15) is 11.6 Å². The fraction of sp³-hybridized carbons (Fsp3) is 0.500. The first-order valence-electron chi connectivity index (χ1n) is 7.84. The van der Waals surface area contributed by atoms with E-state index in [-0.39, 0.29) is 11.8 Å². The maximum absolute atomic E-state index is 13.6. The molecule has 0 saturated carbocycles. The van der Waals surface area contributed by atoms with Crippen LogP contribution >= 0.6 is 0 Å². The van der Waals surface area contributed by atoms with Crippen LogP contribution in [0.25, 0.3) is 0 Å². The molecule has 1 unspecified atom stereocenters. The standard InChI is InChI=1S/C16H21F2N3O3/c1-3-24-16(23)21-8-6-20(7-9-21)11(2)15(22)19-14-10-12(17)4-5-13(14)18/h4-5,10-11H,3,6-9H2,1-2H3,(H,19,22). The monoisotopic (exact) mass is 341 g/mol. The Kier molecular flexibility index (Phi) is 6.08. The van der Waals surface area contributed by atoms with E-state index in [9.17, 15) is 18.4 Å². The second-order valence-corrected chi connectivity index (χ2v) is 5.51. The van der Waals surface area contributed by atoms with Crippen LogP contribution in [0.3, 0.4) is 0 Å². The molecule has 1 aliphatic heterocycles. The lowest BCUT2D eigenvalue weighted by Crippen LogP contribution is -2.54. The topological polar surface area (TPSA) is 61.9 Å². The Morgan fingerprint density at radius 1 is 1.25 bits per heavy atom. The van der Waals surface area contributed by atoms with Gasteiger partial charge in [-0.1, -0.05) is 0 Å². The van der Waals surface area contributed by atoms with Gasteiger partial charge in [0.2, 0.25) is 5.91 Å². The van der Waals surface area contributed by atoms with Gasteiger partial charge in [0.05, 0.1) is 18.3 Å². The highest BCUT2D eigenvalue weighted by Gasteiger charge is 2.28. The Balaban J connectivity index is 1.90. The predicted octanol–water partition coefficient (Wildman–Crippen LogP) is 2.07. The van der Waals surface area contributed by atoms with Crippen molar-refractivity contribution < 1.29 is 23.1 Å². The van der Waals surface area contributed by atoms with Crippen molar-refractivity contribution in [3.8, 4) is 0 Å². The molecule has 132 valence electrons. The third kappa shape index (κ3) is 4.41. The molecule has 1 saturated heterocycles. The molecule has 1 heterocycles. The van der Waals surface area contributed by atoms with Crippen LogP contribution in [0.2, 0.25) is 0 Å². The van der Waals surface area contributed by atoms with Gasteiger partial charge in [-0.2, -0.15) is 0 Å². The van der Waals surface area contributed by atoms with Crippen LogP contribution < -0.4 is 5.32 Å². The zero-order valence-electron chi connectivity index (χ0n) is 13.7. The van der Waals surface area contributed by atoms with Gasteiger partial charge in [0, 0.05) is 32.2 Å². The first-order valence-corrected chi connectivity index (χ1v) is 7.84. The number of anilines is 1. The summed E-state index contributed by atoms with van der Waals surface area (Å²) in [6.07, 6.45) is -0.365. The molecule has 6 nitrogen and oxygen atoms in total. The highest BCUT2D eigenvalue weighted by molar-refractivity contribution is 5.94. The van der Waals surface area contributed by atoms with Gasteiger partial charge >= 0.3 is 6.09 Å². The first kappa shape index (κ1) is 18.1. The first-order chi connectivity index (χ1) is 11.4. The molecule has 1 aliphatic rings. The molecule has 1 fully saturated rings. The Morgan fingerprint density at radius 2 is 1.92 bits per heavy atom. The van der Waals surface area contributed by atoms with Crippen LogP contribution in [0.4, 0.5) is 19.3 Å². The van der Waals surface area contributed by atoms with E-state index in [0.29, 0.717) is 32.8 Å². The van der Waals surface area contributed by atoms with Crippen molar-refractivity contribution in [2.45, 2.75) is 19.9 Å². The highest BCUT2D eigenvalue weighted by Crippen LogP contribution is 2.16. The molecule has 1 N–H and O–H groups in total. The molecule has 0 aliphatic carbocycles. The van der Waals surface area contributed by atoms with Crippen LogP contribution in [0.1, 0.15) is 13.8 Å². The molecule has 2 rings (SSSR count). The lowest BCUT2D eigenvalue weighted by atomic mass is 10.2. The number of ether oxygens (including phenoxy) is 1. The second-order valence-electron chi connectivity index (χ2n) is 5.51. The van der Waals surface area contributed by atoms with Crippen LogP contribution in [0.5, 0.6) is 0 Å².